The lowest BCUT2D eigenvalue weighted by molar-refractivity contribution is 0.174. The van der Waals surface area contributed by atoms with Crippen LogP contribution in [0.1, 0.15) is 5.56 Å². The van der Waals surface area contributed by atoms with Crippen molar-refractivity contribution in [2.45, 2.75) is 6.61 Å². The molecule has 6 heterocycles. The third-order valence-electron chi connectivity index (χ3n) is 6.94. The van der Waals surface area contributed by atoms with Crippen LogP contribution in [0.3, 0.4) is 0 Å². The molecule has 0 bridgehead atoms. The smallest absolute Gasteiger partial charge is 0.231 e. The molecule has 0 saturated carbocycles. The average molecular weight is 540 g/mol. The summed E-state index contributed by atoms with van der Waals surface area (Å²) in [5, 5.41) is 7.62. The van der Waals surface area contributed by atoms with Gasteiger partial charge in [-0.15, -0.1) is 0 Å². The molecule has 0 aliphatic carbocycles. The molecule has 2 aromatic carbocycles. The Labute approximate surface area is 233 Å². The minimum absolute atomic E-state index is 0.214. The highest BCUT2D eigenvalue weighted by Gasteiger charge is 2.19. The second-order valence-electron chi connectivity index (χ2n) is 9.56. The molecule has 0 saturated heterocycles. The molecule has 0 unspecified atom stereocenters. The Bertz CT molecular complexity index is 2050. The first-order valence-electron chi connectivity index (χ1n) is 13.0. The molecule has 7 aromatic rings. The number of fused-ring (bicyclic) bond motifs is 3. The monoisotopic (exact) mass is 539 g/mol. The van der Waals surface area contributed by atoms with Crippen LogP contribution in [-0.2, 0) is 6.61 Å². The summed E-state index contributed by atoms with van der Waals surface area (Å²) >= 11 is 0. The van der Waals surface area contributed by atoms with Crippen LogP contribution in [0.15, 0.2) is 91.4 Å². The molecule has 8 rings (SSSR count). The highest BCUT2D eigenvalue weighted by atomic mass is 16.7. The minimum atomic E-state index is 0.214. The SMILES string of the molecule is c1ccc(COc2cncc(-c3ccc4[nH]nc(-c5nc6c(-c7ccc8c(c7)OCO8)nccc6[nH]5)c4n3)c2)cc1. The molecular weight excluding hydrogens is 518 g/mol. The molecule has 2 N–H and O–H groups in total. The van der Waals surface area contributed by atoms with Crippen LogP contribution in [0.2, 0.25) is 0 Å². The van der Waals surface area contributed by atoms with E-state index in [1.165, 1.54) is 0 Å². The molecule has 5 aromatic heterocycles. The van der Waals surface area contributed by atoms with Crippen molar-refractivity contribution in [3.8, 4) is 51.3 Å². The summed E-state index contributed by atoms with van der Waals surface area (Å²) < 4.78 is 17.0. The lowest BCUT2D eigenvalue weighted by Gasteiger charge is -2.08. The van der Waals surface area contributed by atoms with E-state index in [1.54, 1.807) is 18.6 Å². The van der Waals surface area contributed by atoms with E-state index in [9.17, 15) is 0 Å². The van der Waals surface area contributed by atoms with Crippen LogP contribution in [0.5, 0.6) is 17.2 Å². The lowest BCUT2D eigenvalue weighted by atomic mass is 10.1. The van der Waals surface area contributed by atoms with E-state index in [1.807, 2.05) is 72.8 Å². The van der Waals surface area contributed by atoms with Gasteiger partial charge >= 0.3 is 0 Å². The normalized spacial score (nSPS) is 12.3. The quantitative estimate of drug-likeness (QED) is 0.266. The molecule has 0 radical (unpaired) electrons. The summed E-state index contributed by atoms with van der Waals surface area (Å²) in [7, 11) is 0. The van der Waals surface area contributed by atoms with E-state index < -0.39 is 0 Å². The van der Waals surface area contributed by atoms with E-state index in [0.717, 1.165) is 50.4 Å². The van der Waals surface area contributed by atoms with Gasteiger partial charge in [0.2, 0.25) is 6.79 Å². The van der Waals surface area contributed by atoms with Gasteiger partial charge in [0, 0.05) is 23.5 Å². The second kappa shape index (κ2) is 9.45. The molecule has 198 valence electrons. The molecule has 0 atom stereocenters. The Morgan fingerprint density at radius 1 is 0.780 bits per heavy atom. The predicted molar refractivity (Wildman–Crippen MR) is 152 cm³/mol. The number of nitrogens with zero attached hydrogens (tertiary/aromatic N) is 5. The molecule has 1 aliphatic rings. The molecule has 0 fully saturated rings. The van der Waals surface area contributed by atoms with Gasteiger partial charge in [-0.3, -0.25) is 15.1 Å². The largest absolute Gasteiger partial charge is 0.487 e. The van der Waals surface area contributed by atoms with Gasteiger partial charge in [0.05, 0.1) is 28.6 Å². The molecule has 0 amide bonds. The number of imidazole rings is 1. The second-order valence-corrected chi connectivity index (χ2v) is 9.56. The fourth-order valence-electron chi connectivity index (χ4n) is 4.91. The number of hydrogen-bond donors (Lipinski definition) is 2. The Morgan fingerprint density at radius 3 is 2.63 bits per heavy atom. The summed E-state index contributed by atoms with van der Waals surface area (Å²) in [6, 6.07) is 23.5. The van der Waals surface area contributed by atoms with Gasteiger partial charge in [-0.05, 0) is 48.0 Å². The fraction of sp³-hybridized carbons (Fsp3) is 0.0645. The zero-order chi connectivity index (χ0) is 27.2. The average Bonchev–Trinajstić information content (AvgIpc) is 3.78. The van der Waals surface area contributed by atoms with Gasteiger partial charge in [0.25, 0.3) is 0 Å². The standard InChI is InChI=1S/C31H21N7O3/c1-2-4-18(5-3-1)16-39-21-12-20(14-32-15-21)22-7-8-24-29(34-22)30(38-37-24)31-35-23-10-11-33-27(28(23)36-31)19-6-9-25-26(13-19)41-17-40-25/h1-15H,16-17H2,(H,35,36)(H,37,38). The van der Waals surface area contributed by atoms with Crippen molar-refractivity contribution in [1.29, 1.82) is 0 Å². The fourth-order valence-corrected chi connectivity index (χ4v) is 4.91. The maximum absolute atomic E-state index is 5.98. The van der Waals surface area contributed by atoms with Crippen LogP contribution >= 0.6 is 0 Å². The maximum atomic E-state index is 5.98. The van der Waals surface area contributed by atoms with Gasteiger partial charge in [-0.2, -0.15) is 5.10 Å². The van der Waals surface area contributed by atoms with Crippen molar-refractivity contribution >= 4 is 22.1 Å². The van der Waals surface area contributed by atoms with Crippen molar-refractivity contribution in [2.24, 2.45) is 0 Å². The number of pyridine rings is 3. The number of aromatic amines is 2. The van der Waals surface area contributed by atoms with E-state index in [2.05, 4.69) is 25.1 Å². The summed E-state index contributed by atoms with van der Waals surface area (Å²) in [6.45, 7) is 0.671. The molecule has 1 aliphatic heterocycles. The van der Waals surface area contributed by atoms with Crippen LogP contribution in [0, 0.1) is 0 Å². The van der Waals surface area contributed by atoms with Crippen molar-refractivity contribution in [3.05, 3.63) is 97.0 Å². The van der Waals surface area contributed by atoms with E-state index in [-0.39, 0.29) is 6.79 Å². The van der Waals surface area contributed by atoms with E-state index in [0.29, 0.717) is 35.1 Å². The van der Waals surface area contributed by atoms with Crippen molar-refractivity contribution in [1.82, 2.24) is 35.1 Å². The highest BCUT2D eigenvalue weighted by molar-refractivity contribution is 5.95. The minimum Gasteiger partial charge on any atom is -0.487 e. The topological polar surface area (TPSA) is 124 Å². The van der Waals surface area contributed by atoms with Crippen LogP contribution in [0.4, 0.5) is 0 Å². The lowest BCUT2D eigenvalue weighted by Crippen LogP contribution is -1.96. The zero-order valence-corrected chi connectivity index (χ0v) is 21.5. The Balaban J connectivity index is 1.14. The third-order valence-corrected chi connectivity index (χ3v) is 6.94. The predicted octanol–water partition coefficient (Wildman–Crippen LogP) is 5.93. The molecule has 10 heteroatoms. The highest BCUT2D eigenvalue weighted by Crippen LogP contribution is 2.37. The van der Waals surface area contributed by atoms with Gasteiger partial charge in [-0.25, -0.2) is 9.97 Å². The maximum Gasteiger partial charge on any atom is 0.231 e. The Kier molecular flexibility index (Phi) is 5.34. The number of hydrogen-bond acceptors (Lipinski definition) is 8. The van der Waals surface area contributed by atoms with Gasteiger partial charge in [0.1, 0.15) is 23.4 Å². The third kappa shape index (κ3) is 4.18. The van der Waals surface area contributed by atoms with E-state index in [4.69, 9.17) is 24.2 Å². The van der Waals surface area contributed by atoms with Crippen molar-refractivity contribution < 1.29 is 14.2 Å². The first kappa shape index (κ1) is 23.1. The van der Waals surface area contributed by atoms with Gasteiger partial charge < -0.3 is 19.2 Å². The first-order chi connectivity index (χ1) is 20.3. The number of aromatic nitrogens is 7. The summed E-state index contributed by atoms with van der Waals surface area (Å²) in [4.78, 5) is 22.2. The van der Waals surface area contributed by atoms with E-state index >= 15 is 0 Å². The molecule has 0 spiro atoms. The van der Waals surface area contributed by atoms with Crippen LogP contribution in [0.25, 0.3) is 56.1 Å². The van der Waals surface area contributed by atoms with Gasteiger partial charge in [-0.1, -0.05) is 30.3 Å². The summed E-state index contributed by atoms with van der Waals surface area (Å²) in [5.41, 5.74) is 7.94. The Morgan fingerprint density at radius 2 is 1.68 bits per heavy atom. The number of nitrogens with one attached hydrogen (secondary N) is 2. The van der Waals surface area contributed by atoms with Crippen LogP contribution < -0.4 is 14.2 Å². The summed E-state index contributed by atoms with van der Waals surface area (Å²) in [5.74, 6) is 2.67. The number of ether oxygens (including phenoxy) is 3. The van der Waals surface area contributed by atoms with Crippen LogP contribution in [-0.4, -0.2) is 41.9 Å². The number of rotatable bonds is 6. The van der Waals surface area contributed by atoms with Gasteiger partial charge in [0.15, 0.2) is 23.0 Å². The molecule has 41 heavy (non-hydrogen) atoms. The molecule has 10 nitrogen and oxygen atoms in total. The zero-order valence-electron chi connectivity index (χ0n) is 21.5. The number of H-pyrrole nitrogens is 2. The molecular formula is C31H21N7O3. The summed E-state index contributed by atoms with van der Waals surface area (Å²) in [6.07, 6.45) is 5.23. The first-order valence-corrected chi connectivity index (χ1v) is 13.0. The number of benzene rings is 2. The Hall–Kier alpha value is -5.77. The van der Waals surface area contributed by atoms with Crippen molar-refractivity contribution in [3.63, 3.8) is 0 Å². The van der Waals surface area contributed by atoms with Crippen molar-refractivity contribution in [2.75, 3.05) is 6.79 Å².